The minimum absolute atomic E-state index is 0.0879. The van der Waals surface area contributed by atoms with Gasteiger partial charge in [-0.2, -0.15) is 0 Å². The number of benzene rings is 1. The van der Waals surface area contributed by atoms with E-state index in [2.05, 4.69) is 10.6 Å². The molecule has 0 saturated heterocycles. The number of ether oxygens (including phenoxy) is 1. The number of esters is 1. The molecule has 1 aromatic carbocycles. The van der Waals surface area contributed by atoms with Gasteiger partial charge in [0.2, 0.25) is 5.91 Å². The molecule has 0 fully saturated rings. The molecule has 0 radical (unpaired) electrons. The zero-order valence-corrected chi connectivity index (χ0v) is 19.7. The van der Waals surface area contributed by atoms with E-state index in [1.54, 1.807) is 24.0 Å². The molecule has 7 nitrogen and oxygen atoms in total. The maximum atomic E-state index is 13.0. The molecule has 0 aromatic heterocycles. The van der Waals surface area contributed by atoms with Crippen LogP contribution in [0, 0.1) is 11.3 Å². The van der Waals surface area contributed by atoms with E-state index in [0.29, 0.717) is 30.1 Å². The molecule has 0 saturated carbocycles. The molecule has 1 atom stereocenters. The summed E-state index contributed by atoms with van der Waals surface area (Å²) in [7, 11) is 0. The van der Waals surface area contributed by atoms with Crippen molar-refractivity contribution in [3.05, 3.63) is 41.1 Å². The van der Waals surface area contributed by atoms with Crippen molar-refractivity contribution in [1.82, 2.24) is 10.2 Å². The Kier molecular flexibility index (Phi) is 7.87. The molecule has 0 unspecified atom stereocenters. The van der Waals surface area contributed by atoms with Crippen molar-refractivity contribution in [3.8, 4) is 0 Å². The van der Waals surface area contributed by atoms with Crippen molar-refractivity contribution in [2.24, 2.45) is 11.3 Å². The van der Waals surface area contributed by atoms with Gasteiger partial charge < -0.3 is 15.4 Å². The summed E-state index contributed by atoms with van der Waals surface area (Å²) in [5.41, 5.74) is 1.93. The molecular weight excluding hydrogens is 394 g/mol. The number of hydrogen-bond acceptors (Lipinski definition) is 4. The van der Waals surface area contributed by atoms with Crippen LogP contribution in [-0.4, -0.2) is 36.0 Å². The molecular formula is C24H35N3O4. The van der Waals surface area contributed by atoms with E-state index < -0.39 is 17.4 Å². The summed E-state index contributed by atoms with van der Waals surface area (Å²) in [6.07, 6.45) is 0.770. The second-order valence-corrected chi connectivity index (χ2v) is 9.35. The Morgan fingerprint density at radius 3 is 2.32 bits per heavy atom. The number of urea groups is 1. The Morgan fingerprint density at radius 1 is 1.19 bits per heavy atom. The van der Waals surface area contributed by atoms with Crippen LogP contribution in [0.1, 0.15) is 66.5 Å². The zero-order chi connectivity index (χ0) is 23.3. The minimum atomic E-state index is -0.618. The largest absolute Gasteiger partial charge is 0.462 e. The summed E-state index contributed by atoms with van der Waals surface area (Å²) in [4.78, 5) is 39.5. The maximum Gasteiger partial charge on any atom is 0.338 e. The maximum absolute atomic E-state index is 13.0. The first-order valence-electron chi connectivity index (χ1n) is 10.8. The lowest BCUT2D eigenvalue weighted by molar-refractivity contribution is -0.140. The van der Waals surface area contributed by atoms with E-state index in [1.165, 1.54) is 0 Å². The van der Waals surface area contributed by atoms with Gasteiger partial charge in [-0.15, -0.1) is 0 Å². The first kappa shape index (κ1) is 24.4. The summed E-state index contributed by atoms with van der Waals surface area (Å²) in [6.45, 7) is 14.1. The topological polar surface area (TPSA) is 87.7 Å². The van der Waals surface area contributed by atoms with Crippen LogP contribution in [-0.2, 0) is 14.3 Å². The molecule has 7 heteroatoms. The predicted octanol–water partition coefficient (Wildman–Crippen LogP) is 4.62. The fourth-order valence-corrected chi connectivity index (χ4v) is 3.19. The second kappa shape index (κ2) is 9.98. The molecule has 1 aromatic rings. The van der Waals surface area contributed by atoms with Crippen LogP contribution in [0.25, 0.3) is 0 Å². The van der Waals surface area contributed by atoms with E-state index in [4.69, 9.17) is 4.74 Å². The van der Waals surface area contributed by atoms with Crippen molar-refractivity contribution in [2.75, 3.05) is 18.5 Å². The van der Waals surface area contributed by atoms with Crippen LogP contribution in [0.2, 0.25) is 0 Å². The number of anilines is 1. The van der Waals surface area contributed by atoms with E-state index >= 15 is 0 Å². The summed E-state index contributed by atoms with van der Waals surface area (Å²) in [6, 6.07) is 6.30. The Bertz CT molecular complexity index is 851. The van der Waals surface area contributed by atoms with Gasteiger partial charge in [-0.05, 0) is 37.0 Å². The van der Waals surface area contributed by atoms with Crippen molar-refractivity contribution in [3.63, 3.8) is 0 Å². The molecule has 0 aliphatic carbocycles. The Balaban J connectivity index is 2.36. The number of allylic oxidation sites excluding steroid dienone is 1. The lowest BCUT2D eigenvalue weighted by Gasteiger charge is -2.35. The van der Waals surface area contributed by atoms with Crippen LogP contribution in [0.15, 0.2) is 35.5 Å². The lowest BCUT2D eigenvalue weighted by Crippen LogP contribution is -2.48. The van der Waals surface area contributed by atoms with Crippen molar-refractivity contribution < 1.29 is 19.1 Å². The third-order valence-corrected chi connectivity index (χ3v) is 4.99. The van der Waals surface area contributed by atoms with Gasteiger partial charge in [0.25, 0.3) is 0 Å². The smallest absolute Gasteiger partial charge is 0.338 e. The highest BCUT2D eigenvalue weighted by Gasteiger charge is 2.36. The van der Waals surface area contributed by atoms with Gasteiger partial charge in [0, 0.05) is 23.3 Å². The third-order valence-electron chi connectivity index (χ3n) is 4.99. The van der Waals surface area contributed by atoms with Gasteiger partial charge in [0.1, 0.15) is 0 Å². The fourth-order valence-electron chi connectivity index (χ4n) is 3.19. The summed E-state index contributed by atoms with van der Waals surface area (Å²) < 4.78 is 5.51. The predicted molar refractivity (Wildman–Crippen MR) is 121 cm³/mol. The van der Waals surface area contributed by atoms with E-state index in [0.717, 1.165) is 12.0 Å². The lowest BCUT2D eigenvalue weighted by atomic mass is 9.94. The third kappa shape index (κ3) is 6.09. The van der Waals surface area contributed by atoms with Crippen LogP contribution in [0.4, 0.5) is 10.5 Å². The van der Waals surface area contributed by atoms with Crippen molar-refractivity contribution >= 4 is 23.6 Å². The standard InChI is InChI=1S/C24H35N3O4/c1-8-13-27-16(4)19(21(28)31-14-15(2)3)20(26-23(27)30)17-9-11-18(12-10-17)25-22(29)24(5,6)7/h9-12,15,20H,8,13-14H2,1-7H3,(H,25,29)(H,26,30)/t20-/m1/s1. The van der Waals surface area contributed by atoms with Crippen LogP contribution < -0.4 is 10.6 Å². The van der Waals surface area contributed by atoms with E-state index in [1.807, 2.05) is 53.7 Å². The molecule has 31 heavy (non-hydrogen) atoms. The number of nitrogens with one attached hydrogen (secondary N) is 2. The van der Waals surface area contributed by atoms with Crippen LogP contribution in [0.5, 0.6) is 0 Å². The highest BCUT2D eigenvalue weighted by Crippen LogP contribution is 2.32. The quantitative estimate of drug-likeness (QED) is 0.619. The van der Waals surface area contributed by atoms with Gasteiger partial charge in [-0.1, -0.05) is 53.7 Å². The zero-order valence-electron chi connectivity index (χ0n) is 19.7. The van der Waals surface area contributed by atoms with Gasteiger partial charge in [-0.3, -0.25) is 9.69 Å². The van der Waals surface area contributed by atoms with Gasteiger partial charge >= 0.3 is 12.0 Å². The van der Waals surface area contributed by atoms with Crippen molar-refractivity contribution in [1.29, 1.82) is 0 Å². The average Bonchev–Trinajstić information content (AvgIpc) is 2.68. The molecule has 2 rings (SSSR count). The molecule has 0 bridgehead atoms. The number of rotatable bonds is 7. The number of carbonyl (C=O) groups is 3. The highest BCUT2D eigenvalue weighted by atomic mass is 16.5. The normalized spacial score (nSPS) is 17.0. The van der Waals surface area contributed by atoms with Crippen LogP contribution in [0.3, 0.4) is 0 Å². The highest BCUT2D eigenvalue weighted by molar-refractivity contribution is 5.96. The molecule has 1 aliphatic rings. The summed E-state index contributed by atoms with van der Waals surface area (Å²) in [5.74, 6) is -0.309. The van der Waals surface area contributed by atoms with Gasteiger partial charge in [0.05, 0.1) is 18.2 Å². The number of nitrogens with zero attached hydrogens (tertiary/aromatic N) is 1. The molecule has 0 spiro atoms. The SMILES string of the molecule is CCCN1C(=O)N[C@H](c2ccc(NC(=O)C(C)(C)C)cc2)C(C(=O)OCC(C)C)=C1C. The van der Waals surface area contributed by atoms with E-state index in [-0.39, 0.29) is 17.9 Å². The molecule has 1 heterocycles. The molecule has 1 aliphatic heterocycles. The van der Waals surface area contributed by atoms with E-state index in [9.17, 15) is 14.4 Å². The average molecular weight is 430 g/mol. The molecule has 2 N–H and O–H groups in total. The number of carbonyl (C=O) groups excluding carboxylic acids is 3. The number of amides is 3. The number of hydrogen-bond donors (Lipinski definition) is 2. The monoisotopic (exact) mass is 429 g/mol. The Labute approximate surface area is 185 Å². The molecule has 3 amide bonds. The fraction of sp³-hybridized carbons (Fsp3) is 0.542. The Hall–Kier alpha value is -2.83. The first-order chi connectivity index (χ1) is 14.5. The Morgan fingerprint density at radius 2 is 1.81 bits per heavy atom. The van der Waals surface area contributed by atoms with Gasteiger partial charge in [-0.25, -0.2) is 9.59 Å². The minimum Gasteiger partial charge on any atom is -0.462 e. The van der Waals surface area contributed by atoms with Crippen LogP contribution >= 0.6 is 0 Å². The second-order valence-electron chi connectivity index (χ2n) is 9.35. The van der Waals surface area contributed by atoms with Crippen molar-refractivity contribution in [2.45, 2.75) is 60.9 Å². The summed E-state index contributed by atoms with van der Waals surface area (Å²) in [5, 5.41) is 5.82. The molecule has 170 valence electrons. The first-order valence-corrected chi connectivity index (χ1v) is 10.8. The summed E-state index contributed by atoms with van der Waals surface area (Å²) >= 11 is 0. The van der Waals surface area contributed by atoms with Gasteiger partial charge in [0.15, 0.2) is 0 Å².